The Kier molecular flexibility index (Phi) is 2.28. The summed E-state index contributed by atoms with van der Waals surface area (Å²) in [7, 11) is 0. The minimum absolute atomic E-state index is 0.0255. The molecule has 2 heterocycles. The Morgan fingerprint density at radius 1 is 1.33 bits per heavy atom. The Hall–Kier alpha value is -0.610. The Balaban J connectivity index is 1.59. The van der Waals surface area contributed by atoms with Crippen molar-refractivity contribution in [2.24, 2.45) is 0 Å². The average molecular weight is 171 g/mol. The predicted molar refractivity (Wildman–Crippen MR) is 41.5 cm³/mol. The van der Waals surface area contributed by atoms with E-state index in [4.69, 9.17) is 9.47 Å². The topological polar surface area (TPSA) is 47.6 Å². The molecule has 0 spiro atoms. The molecule has 4 nitrogen and oxygen atoms in total. The maximum atomic E-state index is 10.5. The lowest BCUT2D eigenvalue weighted by Gasteiger charge is -2.27. The molecule has 0 aliphatic carbocycles. The molecule has 1 N–H and O–H groups in total. The molecule has 2 aliphatic rings. The molecule has 1 atom stereocenters. The summed E-state index contributed by atoms with van der Waals surface area (Å²) >= 11 is 0. The first kappa shape index (κ1) is 8.01. The fourth-order valence-corrected chi connectivity index (χ4v) is 1.52. The molecule has 0 saturated carbocycles. The SMILES string of the molecule is O=C1CC(CCC2OCCO2)N1. The first-order chi connectivity index (χ1) is 5.84. The second-order valence-electron chi connectivity index (χ2n) is 3.22. The van der Waals surface area contributed by atoms with Crippen LogP contribution in [0.25, 0.3) is 0 Å². The van der Waals surface area contributed by atoms with Gasteiger partial charge in [0.05, 0.1) is 13.2 Å². The van der Waals surface area contributed by atoms with E-state index < -0.39 is 0 Å². The maximum Gasteiger partial charge on any atom is 0.222 e. The molecule has 1 unspecified atom stereocenters. The zero-order valence-corrected chi connectivity index (χ0v) is 6.91. The van der Waals surface area contributed by atoms with Crippen LogP contribution in [0.5, 0.6) is 0 Å². The fourth-order valence-electron chi connectivity index (χ4n) is 1.52. The van der Waals surface area contributed by atoms with Crippen molar-refractivity contribution in [2.45, 2.75) is 31.6 Å². The third-order valence-electron chi connectivity index (χ3n) is 2.24. The molecule has 68 valence electrons. The van der Waals surface area contributed by atoms with E-state index >= 15 is 0 Å². The molecule has 0 radical (unpaired) electrons. The van der Waals surface area contributed by atoms with Crippen molar-refractivity contribution >= 4 is 5.91 Å². The van der Waals surface area contributed by atoms with Crippen LogP contribution in [0.4, 0.5) is 0 Å². The van der Waals surface area contributed by atoms with Crippen molar-refractivity contribution in [1.82, 2.24) is 5.32 Å². The van der Waals surface area contributed by atoms with Gasteiger partial charge in [-0.05, 0) is 6.42 Å². The van der Waals surface area contributed by atoms with Gasteiger partial charge in [0, 0.05) is 18.9 Å². The molecule has 4 heteroatoms. The number of hydrogen-bond acceptors (Lipinski definition) is 3. The quantitative estimate of drug-likeness (QED) is 0.609. The van der Waals surface area contributed by atoms with Crippen molar-refractivity contribution in [3.8, 4) is 0 Å². The summed E-state index contributed by atoms with van der Waals surface area (Å²) in [6.45, 7) is 1.42. The van der Waals surface area contributed by atoms with Gasteiger partial charge < -0.3 is 14.8 Å². The lowest BCUT2D eigenvalue weighted by molar-refractivity contribution is -0.128. The van der Waals surface area contributed by atoms with E-state index in [-0.39, 0.29) is 12.2 Å². The summed E-state index contributed by atoms with van der Waals surface area (Å²) in [5, 5.41) is 2.82. The third kappa shape index (κ3) is 1.76. The molecule has 0 aromatic carbocycles. The largest absolute Gasteiger partial charge is 0.353 e. The van der Waals surface area contributed by atoms with E-state index in [2.05, 4.69) is 5.32 Å². The van der Waals surface area contributed by atoms with Crippen LogP contribution < -0.4 is 5.32 Å². The van der Waals surface area contributed by atoms with Gasteiger partial charge in [-0.25, -0.2) is 0 Å². The monoisotopic (exact) mass is 171 g/mol. The van der Waals surface area contributed by atoms with Crippen LogP contribution in [0, 0.1) is 0 Å². The lowest BCUT2D eigenvalue weighted by Crippen LogP contribution is -2.48. The van der Waals surface area contributed by atoms with Crippen LogP contribution in [-0.2, 0) is 14.3 Å². The Bertz CT molecular complexity index is 169. The molecule has 0 bridgehead atoms. The van der Waals surface area contributed by atoms with Gasteiger partial charge in [0.1, 0.15) is 0 Å². The van der Waals surface area contributed by atoms with Crippen LogP contribution in [-0.4, -0.2) is 31.5 Å². The zero-order valence-electron chi connectivity index (χ0n) is 6.91. The zero-order chi connectivity index (χ0) is 8.39. The highest BCUT2D eigenvalue weighted by molar-refractivity contribution is 5.82. The Morgan fingerprint density at radius 3 is 2.58 bits per heavy atom. The fraction of sp³-hybridized carbons (Fsp3) is 0.875. The van der Waals surface area contributed by atoms with Gasteiger partial charge >= 0.3 is 0 Å². The summed E-state index contributed by atoms with van der Waals surface area (Å²) in [6.07, 6.45) is 2.51. The maximum absolute atomic E-state index is 10.5. The smallest absolute Gasteiger partial charge is 0.222 e. The highest BCUT2D eigenvalue weighted by atomic mass is 16.7. The minimum Gasteiger partial charge on any atom is -0.353 e. The lowest BCUT2D eigenvalue weighted by atomic mass is 10.0. The Labute approximate surface area is 71.2 Å². The van der Waals surface area contributed by atoms with Gasteiger partial charge in [-0.1, -0.05) is 0 Å². The number of carbonyl (C=O) groups is 1. The molecule has 2 fully saturated rings. The van der Waals surface area contributed by atoms with Crippen LogP contribution in [0.1, 0.15) is 19.3 Å². The normalized spacial score (nSPS) is 30.0. The molecule has 0 aromatic rings. The first-order valence-corrected chi connectivity index (χ1v) is 4.37. The molecular formula is C8H13NO3. The second kappa shape index (κ2) is 3.41. The molecule has 0 aromatic heterocycles. The van der Waals surface area contributed by atoms with E-state index in [9.17, 15) is 4.79 Å². The summed E-state index contributed by atoms with van der Waals surface area (Å²) < 4.78 is 10.5. The van der Waals surface area contributed by atoms with Crippen LogP contribution >= 0.6 is 0 Å². The standard InChI is InChI=1S/C8H13NO3/c10-7-5-6(9-7)1-2-8-11-3-4-12-8/h6,8H,1-5H2,(H,9,10). The third-order valence-corrected chi connectivity index (χ3v) is 2.24. The van der Waals surface area contributed by atoms with Crippen molar-refractivity contribution in [3.63, 3.8) is 0 Å². The number of carbonyl (C=O) groups excluding carboxylic acids is 1. The van der Waals surface area contributed by atoms with Crippen LogP contribution in [0.2, 0.25) is 0 Å². The highest BCUT2D eigenvalue weighted by Gasteiger charge is 2.26. The van der Waals surface area contributed by atoms with E-state index in [1.165, 1.54) is 0 Å². The summed E-state index contributed by atoms with van der Waals surface area (Å²) in [5.41, 5.74) is 0. The number of nitrogens with one attached hydrogen (secondary N) is 1. The van der Waals surface area contributed by atoms with Gasteiger partial charge in [-0.3, -0.25) is 4.79 Å². The van der Waals surface area contributed by atoms with Crippen molar-refractivity contribution in [3.05, 3.63) is 0 Å². The predicted octanol–water partition coefficient (Wildman–Crippen LogP) is 0.0280. The van der Waals surface area contributed by atoms with Crippen LogP contribution in [0.15, 0.2) is 0 Å². The summed E-state index contributed by atoms with van der Waals surface area (Å²) in [5.74, 6) is 0.160. The van der Waals surface area contributed by atoms with Gasteiger partial charge in [0.25, 0.3) is 0 Å². The summed E-state index contributed by atoms with van der Waals surface area (Å²) in [6, 6.07) is 0.366. The highest BCUT2D eigenvalue weighted by Crippen LogP contribution is 2.16. The number of β-lactam (4-membered cyclic amide) rings is 1. The van der Waals surface area contributed by atoms with E-state index in [0.717, 1.165) is 12.8 Å². The van der Waals surface area contributed by atoms with Gasteiger partial charge in [0.2, 0.25) is 5.91 Å². The van der Waals surface area contributed by atoms with E-state index in [1.54, 1.807) is 0 Å². The summed E-state index contributed by atoms with van der Waals surface area (Å²) in [4.78, 5) is 10.5. The van der Waals surface area contributed by atoms with E-state index in [1.807, 2.05) is 0 Å². The minimum atomic E-state index is -0.0255. The molecule has 1 amide bonds. The number of amides is 1. The van der Waals surface area contributed by atoms with Crippen LogP contribution in [0.3, 0.4) is 0 Å². The molecule has 2 aliphatic heterocycles. The van der Waals surface area contributed by atoms with E-state index in [0.29, 0.717) is 25.7 Å². The Morgan fingerprint density at radius 2 is 2.00 bits per heavy atom. The molecule has 2 rings (SSSR count). The molecule has 12 heavy (non-hydrogen) atoms. The first-order valence-electron chi connectivity index (χ1n) is 4.37. The van der Waals surface area contributed by atoms with Crippen molar-refractivity contribution in [1.29, 1.82) is 0 Å². The number of rotatable bonds is 3. The second-order valence-corrected chi connectivity index (χ2v) is 3.22. The van der Waals surface area contributed by atoms with Crippen molar-refractivity contribution < 1.29 is 14.3 Å². The molecule has 2 saturated heterocycles. The number of hydrogen-bond donors (Lipinski definition) is 1. The van der Waals surface area contributed by atoms with Gasteiger partial charge in [-0.15, -0.1) is 0 Å². The van der Waals surface area contributed by atoms with Crippen molar-refractivity contribution in [2.75, 3.05) is 13.2 Å². The van der Waals surface area contributed by atoms with Gasteiger partial charge in [0.15, 0.2) is 6.29 Å². The molecular weight excluding hydrogens is 158 g/mol. The van der Waals surface area contributed by atoms with Gasteiger partial charge in [-0.2, -0.15) is 0 Å². The average Bonchev–Trinajstić information content (AvgIpc) is 2.47. The number of ether oxygens (including phenoxy) is 2.